The molecule has 21 heavy (non-hydrogen) atoms. The zero-order chi connectivity index (χ0) is 16.3. The number of esters is 1. The lowest BCUT2D eigenvalue weighted by atomic mass is 10.0. The lowest BCUT2D eigenvalue weighted by molar-refractivity contribution is -0.194. The van der Waals surface area contributed by atoms with E-state index in [-0.39, 0.29) is 43.4 Å². The van der Waals surface area contributed by atoms with E-state index in [4.69, 9.17) is 19.3 Å². The Morgan fingerprint density at radius 1 is 1.19 bits per heavy atom. The fourth-order valence-electron chi connectivity index (χ4n) is 1.57. The number of methoxy groups -OCH3 is 1. The third-order valence-corrected chi connectivity index (χ3v) is 3.09. The molecule has 0 radical (unpaired) electrons. The molecule has 0 saturated carbocycles. The van der Waals surface area contributed by atoms with Gasteiger partial charge in [-0.1, -0.05) is 20.8 Å². The Morgan fingerprint density at radius 2 is 1.86 bits per heavy atom. The quantitative estimate of drug-likeness (QED) is 0.436. The summed E-state index contributed by atoms with van der Waals surface area (Å²) in [6, 6.07) is 0. The second-order valence-electron chi connectivity index (χ2n) is 5.17. The number of aliphatic hydroxyl groups excluding tert-OH is 1. The highest BCUT2D eigenvalue weighted by molar-refractivity contribution is 5.80. The fourth-order valence-corrected chi connectivity index (χ4v) is 1.57. The topological polar surface area (TPSA) is 82.1 Å². The number of Topliss-reactive ketones (excluding diaryl/α,β-unsaturated/α-hetero) is 1. The molecule has 0 aliphatic heterocycles. The second kappa shape index (κ2) is 11.7. The van der Waals surface area contributed by atoms with E-state index >= 15 is 0 Å². The van der Waals surface area contributed by atoms with Crippen LogP contribution in [0.2, 0.25) is 0 Å². The summed E-state index contributed by atoms with van der Waals surface area (Å²) in [5.41, 5.74) is 0. The van der Waals surface area contributed by atoms with E-state index in [1.807, 2.05) is 20.8 Å². The van der Waals surface area contributed by atoms with Gasteiger partial charge in [0.1, 0.15) is 12.4 Å². The molecule has 0 saturated heterocycles. The largest absolute Gasteiger partial charge is 0.460 e. The SMILES string of the molecule is CCC(CO)OC(COC(=O)CCCC(=O)C(C)C)OC. The van der Waals surface area contributed by atoms with Crippen molar-refractivity contribution >= 4 is 11.8 Å². The van der Waals surface area contributed by atoms with Crippen LogP contribution in [0.3, 0.4) is 0 Å². The maximum absolute atomic E-state index is 11.5. The number of ether oxygens (including phenoxy) is 3. The molecule has 0 rings (SSSR count). The van der Waals surface area contributed by atoms with Gasteiger partial charge in [-0.3, -0.25) is 9.59 Å². The summed E-state index contributed by atoms with van der Waals surface area (Å²) in [5, 5.41) is 9.04. The minimum atomic E-state index is -0.691. The lowest BCUT2D eigenvalue weighted by Gasteiger charge is -2.21. The first-order valence-corrected chi connectivity index (χ1v) is 7.41. The van der Waals surface area contributed by atoms with Crippen LogP contribution in [0.25, 0.3) is 0 Å². The van der Waals surface area contributed by atoms with Crippen molar-refractivity contribution in [1.29, 1.82) is 0 Å². The van der Waals surface area contributed by atoms with Gasteiger partial charge in [-0.15, -0.1) is 0 Å². The van der Waals surface area contributed by atoms with Crippen LogP contribution in [0, 0.1) is 5.92 Å². The van der Waals surface area contributed by atoms with Crippen molar-refractivity contribution in [2.75, 3.05) is 20.3 Å². The van der Waals surface area contributed by atoms with Crippen molar-refractivity contribution in [3.8, 4) is 0 Å². The van der Waals surface area contributed by atoms with Crippen LogP contribution in [0.4, 0.5) is 0 Å². The molecule has 0 amide bonds. The summed E-state index contributed by atoms with van der Waals surface area (Å²) in [6.07, 6.45) is 0.691. The van der Waals surface area contributed by atoms with Crippen LogP contribution in [0.5, 0.6) is 0 Å². The highest BCUT2D eigenvalue weighted by Gasteiger charge is 2.16. The minimum absolute atomic E-state index is 0.00301. The van der Waals surface area contributed by atoms with Gasteiger partial charge in [0.05, 0.1) is 12.7 Å². The van der Waals surface area contributed by atoms with Crippen LogP contribution < -0.4 is 0 Å². The summed E-state index contributed by atoms with van der Waals surface area (Å²) >= 11 is 0. The Morgan fingerprint density at radius 3 is 2.33 bits per heavy atom. The van der Waals surface area contributed by atoms with E-state index in [9.17, 15) is 9.59 Å². The maximum Gasteiger partial charge on any atom is 0.305 e. The van der Waals surface area contributed by atoms with Gasteiger partial charge in [-0.05, 0) is 12.8 Å². The Labute approximate surface area is 126 Å². The average molecular weight is 304 g/mol. The highest BCUT2D eigenvalue weighted by atomic mass is 16.7. The van der Waals surface area contributed by atoms with Gasteiger partial charge in [0.2, 0.25) is 0 Å². The van der Waals surface area contributed by atoms with E-state index < -0.39 is 6.29 Å². The maximum atomic E-state index is 11.5. The van der Waals surface area contributed by atoms with Gasteiger partial charge in [0, 0.05) is 25.9 Å². The predicted molar refractivity (Wildman–Crippen MR) is 77.7 cm³/mol. The van der Waals surface area contributed by atoms with Crippen LogP contribution in [-0.2, 0) is 23.8 Å². The monoisotopic (exact) mass is 304 g/mol. The number of hydrogen-bond donors (Lipinski definition) is 1. The molecule has 0 bridgehead atoms. The van der Waals surface area contributed by atoms with Gasteiger partial charge in [0.15, 0.2) is 6.29 Å². The predicted octanol–water partition coefficient (Wildman–Crippen LogP) is 1.68. The zero-order valence-corrected chi connectivity index (χ0v) is 13.5. The fraction of sp³-hybridized carbons (Fsp3) is 0.867. The Bertz CT molecular complexity index is 299. The van der Waals surface area contributed by atoms with Gasteiger partial charge < -0.3 is 19.3 Å². The lowest BCUT2D eigenvalue weighted by Crippen LogP contribution is -2.30. The van der Waals surface area contributed by atoms with Crippen LogP contribution in [0.1, 0.15) is 46.5 Å². The summed E-state index contributed by atoms with van der Waals surface area (Å²) in [5.74, 6) is -0.236. The van der Waals surface area contributed by atoms with E-state index in [1.54, 1.807) is 0 Å². The van der Waals surface area contributed by atoms with Crippen molar-refractivity contribution in [2.45, 2.75) is 58.8 Å². The second-order valence-corrected chi connectivity index (χ2v) is 5.17. The molecule has 0 aromatic heterocycles. The zero-order valence-electron chi connectivity index (χ0n) is 13.5. The third kappa shape index (κ3) is 9.55. The average Bonchev–Trinajstić information content (AvgIpc) is 2.47. The van der Waals surface area contributed by atoms with Crippen molar-refractivity contribution in [3.05, 3.63) is 0 Å². The molecule has 0 heterocycles. The molecule has 2 unspecified atom stereocenters. The normalized spacial score (nSPS) is 14.0. The Kier molecular flexibility index (Phi) is 11.1. The molecule has 0 aliphatic rings. The first-order valence-electron chi connectivity index (χ1n) is 7.41. The molecular weight excluding hydrogens is 276 g/mol. The van der Waals surface area contributed by atoms with E-state index in [1.165, 1.54) is 7.11 Å². The van der Waals surface area contributed by atoms with E-state index in [0.717, 1.165) is 0 Å². The minimum Gasteiger partial charge on any atom is -0.460 e. The van der Waals surface area contributed by atoms with Crippen molar-refractivity contribution in [3.63, 3.8) is 0 Å². The smallest absolute Gasteiger partial charge is 0.305 e. The molecule has 0 spiro atoms. The van der Waals surface area contributed by atoms with Gasteiger partial charge in [0.25, 0.3) is 0 Å². The molecule has 0 aliphatic carbocycles. The third-order valence-electron chi connectivity index (χ3n) is 3.09. The molecule has 6 heteroatoms. The summed E-state index contributed by atoms with van der Waals surface area (Å²) in [4.78, 5) is 23.0. The van der Waals surface area contributed by atoms with Crippen LogP contribution in [0.15, 0.2) is 0 Å². The van der Waals surface area contributed by atoms with Crippen LogP contribution >= 0.6 is 0 Å². The molecule has 2 atom stereocenters. The molecule has 6 nitrogen and oxygen atoms in total. The number of ketones is 1. The molecule has 0 aromatic rings. The molecule has 1 N–H and O–H groups in total. The van der Waals surface area contributed by atoms with Gasteiger partial charge in [-0.25, -0.2) is 0 Å². The van der Waals surface area contributed by atoms with Crippen LogP contribution in [-0.4, -0.2) is 49.6 Å². The standard InChI is InChI=1S/C15H28O6/c1-5-12(9-16)21-15(19-4)10-20-14(18)8-6-7-13(17)11(2)3/h11-12,15-16H,5-10H2,1-4H3. The van der Waals surface area contributed by atoms with Crippen molar-refractivity contribution in [1.82, 2.24) is 0 Å². The number of carbonyl (C=O) groups is 2. The number of hydrogen-bond acceptors (Lipinski definition) is 6. The number of rotatable bonds is 12. The molecule has 0 aromatic carbocycles. The van der Waals surface area contributed by atoms with E-state index in [0.29, 0.717) is 19.3 Å². The molecule has 124 valence electrons. The van der Waals surface area contributed by atoms with E-state index in [2.05, 4.69) is 0 Å². The summed E-state index contributed by atoms with van der Waals surface area (Å²) in [7, 11) is 1.45. The molecular formula is C15H28O6. The first-order chi connectivity index (χ1) is 9.94. The highest BCUT2D eigenvalue weighted by Crippen LogP contribution is 2.07. The van der Waals surface area contributed by atoms with Crippen molar-refractivity contribution < 1.29 is 28.9 Å². The number of carbonyl (C=O) groups excluding carboxylic acids is 2. The summed E-state index contributed by atoms with van der Waals surface area (Å²) < 4.78 is 15.5. The summed E-state index contributed by atoms with van der Waals surface area (Å²) in [6.45, 7) is 5.43. The molecule has 0 fully saturated rings. The van der Waals surface area contributed by atoms with Gasteiger partial charge in [-0.2, -0.15) is 0 Å². The van der Waals surface area contributed by atoms with Gasteiger partial charge >= 0.3 is 5.97 Å². The first kappa shape index (κ1) is 20.0. The Hall–Kier alpha value is -0.980. The van der Waals surface area contributed by atoms with Crippen molar-refractivity contribution in [2.24, 2.45) is 5.92 Å². The number of aliphatic hydroxyl groups is 1. The Balaban J connectivity index is 3.91.